The number of Topliss-reactive ketones (excluding diaryl/α,β-unsaturated/α-hetero) is 1. The number of imidazole rings is 1. The van der Waals surface area contributed by atoms with Crippen molar-refractivity contribution in [1.82, 2.24) is 19.5 Å². The number of hydrogen-bond acceptors (Lipinski definition) is 6. The lowest BCUT2D eigenvalue weighted by Crippen LogP contribution is -2.37. The van der Waals surface area contributed by atoms with E-state index in [-0.39, 0.29) is 11.1 Å². The first-order valence-electron chi connectivity index (χ1n) is 6.89. The van der Waals surface area contributed by atoms with E-state index in [1.807, 2.05) is 6.92 Å². The third kappa shape index (κ3) is 2.47. The lowest BCUT2D eigenvalue weighted by atomic mass is 10.4. The van der Waals surface area contributed by atoms with Gasteiger partial charge in [0.1, 0.15) is 0 Å². The summed E-state index contributed by atoms with van der Waals surface area (Å²) in [6.45, 7) is 6.75. The summed E-state index contributed by atoms with van der Waals surface area (Å²) in [6, 6.07) is 0. The molecule has 1 fully saturated rings. The fraction of sp³-hybridized carbons (Fsp3) is 0.538. The first kappa shape index (κ1) is 14.2. The standard InChI is InChI=1S/C13H16ClN5O2/c1-3-19-10(8(2)20)15-9-11(16-13(14)17-12(9)19)18-4-6-21-7-5-18/h3-7H2,1-2H3. The second-order valence-corrected chi connectivity index (χ2v) is 5.16. The SMILES string of the molecule is CCn1c(C(C)=O)nc2c(N3CCOCC3)nc(Cl)nc21. The van der Waals surface area contributed by atoms with Crippen LogP contribution in [0.5, 0.6) is 0 Å². The maximum atomic E-state index is 11.8. The molecule has 0 bridgehead atoms. The Balaban J connectivity index is 2.22. The molecule has 1 aliphatic heterocycles. The molecule has 0 atom stereocenters. The van der Waals surface area contributed by atoms with Crippen LogP contribution in [0.4, 0.5) is 5.82 Å². The van der Waals surface area contributed by atoms with Crippen molar-refractivity contribution in [3.05, 3.63) is 11.1 Å². The van der Waals surface area contributed by atoms with Gasteiger partial charge in [0.15, 0.2) is 28.6 Å². The second kappa shape index (κ2) is 5.57. The van der Waals surface area contributed by atoms with Crippen LogP contribution >= 0.6 is 11.6 Å². The van der Waals surface area contributed by atoms with Gasteiger partial charge in [0.05, 0.1) is 13.2 Å². The predicted molar refractivity (Wildman–Crippen MR) is 79.0 cm³/mol. The second-order valence-electron chi connectivity index (χ2n) is 4.82. The van der Waals surface area contributed by atoms with E-state index in [0.29, 0.717) is 42.6 Å². The molecule has 0 saturated carbocycles. The monoisotopic (exact) mass is 309 g/mol. The molecule has 8 heteroatoms. The highest BCUT2D eigenvalue weighted by Crippen LogP contribution is 2.26. The molecule has 0 amide bonds. The van der Waals surface area contributed by atoms with E-state index in [2.05, 4.69) is 19.9 Å². The number of aryl methyl sites for hydroxylation is 1. The summed E-state index contributed by atoms with van der Waals surface area (Å²) in [5.41, 5.74) is 1.22. The number of hydrogen-bond donors (Lipinski definition) is 0. The number of ketones is 1. The minimum absolute atomic E-state index is 0.0982. The van der Waals surface area contributed by atoms with E-state index in [1.165, 1.54) is 6.92 Å². The van der Waals surface area contributed by atoms with Gasteiger partial charge in [-0.2, -0.15) is 9.97 Å². The molecule has 0 spiro atoms. The zero-order valence-electron chi connectivity index (χ0n) is 12.0. The highest BCUT2D eigenvalue weighted by atomic mass is 35.5. The first-order chi connectivity index (χ1) is 10.1. The summed E-state index contributed by atoms with van der Waals surface area (Å²) >= 11 is 6.05. The molecule has 3 heterocycles. The smallest absolute Gasteiger partial charge is 0.226 e. The summed E-state index contributed by atoms with van der Waals surface area (Å²) in [4.78, 5) is 26.8. The summed E-state index contributed by atoms with van der Waals surface area (Å²) < 4.78 is 7.13. The van der Waals surface area contributed by atoms with Gasteiger partial charge in [0.25, 0.3) is 0 Å². The molecule has 2 aromatic heterocycles. The average molecular weight is 310 g/mol. The van der Waals surface area contributed by atoms with Crippen LogP contribution in [0.15, 0.2) is 0 Å². The maximum Gasteiger partial charge on any atom is 0.226 e. The molecule has 0 unspecified atom stereocenters. The zero-order chi connectivity index (χ0) is 15.0. The molecule has 1 aliphatic rings. The van der Waals surface area contributed by atoms with Gasteiger partial charge in [-0.25, -0.2) is 4.98 Å². The number of carbonyl (C=O) groups is 1. The molecule has 2 aromatic rings. The minimum Gasteiger partial charge on any atom is -0.378 e. The van der Waals surface area contributed by atoms with E-state index in [1.54, 1.807) is 4.57 Å². The van der Waals surface area contributed by atoms with E-state index in [4.69, 9.17) is 16.3 Å². The topological polar surface area (TPSA) is 73.1 Å². The summed E-state index contributed by atoms with van der Waals surface area (Å²) in [7, 11) is 0. The molecule has 3 rings (SSSR count). The van der Waals surface area contributed by atoms with Gasteiger partial charge in [-0.1, -0.05) is 0 Å². The highest BCUT2D eigenvalue weighted by Gasteiger charge is 2.23. The van der Waals surface area contributed by atoms with Crippen LogP contribution in [0.3, 0.4) is 0 Å². The largest absolute Gasteiger partial charge is 0.378 e. The maximum absolute atomic E-state index is 11.8. The predicted octanol–water partition coefficient (Wildman–Crippen LogP) is 1.54. The van der Waals surface area contributed by atoms with E-state index >= 15 is 0 Å². The Bertz CT molecular complexity index is 693. The number of carbonyl (C=O) groups excluding carboxylic acids is 1. The van der Waals surface area contributed by atoms with Crippen molar-refractivity contribution in [3.8, 4) is 0 Å². The number of halogens is 1. The van der Waals surface area contributed by atoms with Crippen LogP contribution in [-0.4, -0.2) is 51.6 Å². The number of ether oxygens (including phenoxy) is 1. The third-order valence-corrected chi connectivity index (χ3v) is 3.66. The van der Waals surface area contributed by atoms with Crippen LogP contribution in [0.25, 0.3) is 11.2 Å². The van der Waals surface area contributed by atoms with E-state index < -0.39 is 0 Å². The van der Waals surface area contributed by atoms with Gasteiger partial charge >= 0.3 is 0 Å². The Kier molecular flexibility index (Phi) is 3.77. The van der Waals surface area contributed by atoms with Gasteiger partial charge in [0.2, 0.25) is 5.28 Å². The zero-order valence-corrected chi connectivity index (χ0v) is 12.7. The van der Waals surface area contributed by atoms with Gasteiger partial charge in [-0.15, -0.1) is 0 Å². The van der Waals surface area contributed by atoms with Crippen molar-refractivity contribution < 1.29 is 9.53 Å². The lowest BCUT2D eigenvalue weighted by Gasteiger charge is -2.27. The Labute approximate surface area is 126 Å². The molecule has 112 valence electrons. The van der Waals surface area contributed by atoms with Crippen molar-refractivity contribution in [2.24, 2.45) is 0 Å². The number of morpholine rings is 1. The van der Waals surface area contributed by atoms with Crippen molar-refractivity contribution in [1.29, 1.82) is 0 Å². The van der Waals surface area contributed by atoms with E-state index in [9.17, 15) is 4.79 Å². The molecule has 0 N–H and O–H groups in total. The van der Waals surface area contributed by atoms with Crippen LogP contribution in [0.1, 0.15) is 24.5 Å². The number of rotatable bonds is 3. The molecule has 1 saturated heterocycles. The summed E-state index contributed by atoms with van der Waals surface area (Å²) in [5, 5.41) is 0.161. The molecule has 0 aliphatic carbocycles. The lowest BCUT2D eigenvalue weighted by molar-refractivity contribution is 0.1000. The average Bonchev–Trinajstić information content (AvgIpc) is 2.85. The molecule has 0 radical (unpaired) electrons. The van der Waals surface area contributed by atoms with Gasteiger partial charge in [0, 0.05) is 26.6 Å². The fourth-order valence-corrected chi connectivity index (χ4v) is 2.68. The van der Waals surface area contributed by atoms with Crippen LogP contribution < -0.4 is 4.90 Å². The number of anilines is 1. The normalized spacial score (nSPS) is 15.7. The van der Waals surface area contributed by atoms with Gasteiger partial charge < -0.3 is 14.2 Å². The number of fused-ring (bicyclic) bond motifs is 1. The molecule has 7 nitrogen and oxygen atoms in total. The van der Waals surface area contributed by atoms with Crippen LogP contribution in [0, 0.1) is 0 Å². The first-order valence-corrected chi connectivity index (χ1v) is 7.27. The summed E-state index contributed by atoms with van der Waals surface area (Å²) in [6.07, 6.45) is 0. The van der Waals surface area contributed by atoms with Crippen molar-refractivity contribution in [2.75, 3.05) is 31.2 Å². The summed E-state index contributed by atoms with van der Waals surface area (Å²) in [5.74, 6) is 0.959. The Morgan fingerprint density at radius 3 is 2.62 bits per heavy atom. The van der Waals surface area contributed by atoms with Gasteiger partial charge in [-0.3, -0.25) is 4.79 Å². The van der Waals surface area contributed by atoms with Gasteiger partial charge in [-0.05, 0) is 18.5 Å². The van der Waals surface area contributed by atoms with Crippen molar-refractivity contribution >= 4 is 34.4 Å². The highest BCUT2D eigenvalue weighted by molar-refractivity contribution is 6.28. The Morgan fingerprint density at radius 1 is 1.29 bits per heavy atom. The minimum atomic E-state index is -0.0982. The number of aromatic nitrogens is 4. The Hall–Kier alpha value is -1.73. The Morgan fingerprint density at radius 2 is 2.00 bits per heavy atom. The molecular formula is C13H16ClN5O2. The van der Waals surface area contributed by atoms with Crippen molar-refractivity contribution in [3.63, 3.8) is 0 Å². The molecule has 21 heavy (non-hydrogen) atoms. The molecular weight excluding hydrogens is 294 g/mol. The third-order valence-electron chi connectivity index (χ3n) is 3.49. The number of nitrogens with zero attached hydrogens (tertiary/aromatic N) is 5. The van der Waals surface area contributed by atoms with E-state index in [0.717, 1.165) is 13.1 Å². The quantitative estimate of drug-likeness (QED) is 0.632. The van der Waals surface area contributed by atoms with Crippen molar-refractivity contribution in [2.45, 2.75) is 20.4 Å². The fourth-order valence-electron chi connectivity index (χ4n) is 2.52. The van der Waals surface area contributed by atoms with Crippen LogP contribution in [0.2, 0.25) is 5.28 Å². The van der Waals surface area contributed by atoms with Crippen LogP contribution in [-0.2, 0) is 11.3 Å². The molecule has 0 aromatic carbocycles.